The summed E-state index contributed by atoms with van der Waals surface area (Å²) in [5.41, 5.74) is 0. The van der Waals surface area contributed by atoms with E-state index in [9.17, 15) is 26.4 Å². The molecule has 0 aromatic carbocycles. The fourth-order valence-electron chi connectivity index (χ4n) is 2.45. The van der Waals surface area contributed by atoms with Gasteiger partial charge in [0, 0.05) is 19.1 Å². The molecule has 0 aromatic rings. The van der Waals surface area contributed by atoms with Gasteiger partial charge >= 0.3 is 12.2 Å². The van der Waals surface area contributed by atoms with Gasteiger partial charge in [-0.1, -0.05) is 0 Å². The van der Waals surface area contributed by atoms with Gasteiger partial charge in [-0.25, -0.2) is 18.4 Å². The Morgan fingerprint density at radius 3 is 2.55 bits per heavy atom. The normalized spacial score (nSPS) is 30.4. The Morgan fingerprint density at radius 1 is 1.40 bits per heavy atom. The smallest absolute Gasteiger partial charge is 0.335 e. The highest BCUT2D eigenvalue weighted by Crippen LogP contribution is 2.44. The number of nitrogens with two attached hydrogens (primary N) is 1. The molecular formula is C10H16F3N3O3S. The molecule has 10 heteroatoms. The molecule has 116 valence electrons. The van der Waals surface area contributed by atoms with Gasteiger partial charge in [0.25, 0.3) is 0 Å². The van der Waals surface area contributed by atoms with Crippen LogP contribution in [0.1, 0.15) is 12.8 Å². The molecule has 1 heterocycles. The van der Waals surface area contributed by atoms with Crippen molar-refractivity contribution in [2.24, 2.45) is 17.0 Å². The minimum Gasteiger partial charge on any atom is -0.335 e. The van der Waals surface area contributed by atoms with Gasteiger partial charge < -0.3 is 10.2 Å². The highest BCUT2D eigenvalue weighted by atomic mass is 32.2. The molecule has 2 rings (SSSR count). The van der Waals surface area contributed by atoms with E-state index in [0.29, 0.717) is 13.0 Å². The van der Waals surface area contributed by atoms with Crippen molar-refractivity contribution in [1.82, 2.24) is 10.2 Å². The van der Waals surface area contributed by atoms with Crippen LogP contribution in [0.4, 0.5) is 18.0 Å². The Kier molecular flexibility index (Phi) is 3.89. The molecule has 2 amide bonds. The number of nitrogens with zero attached hydrogens (tertiary/aromatic N) is 1. The maximum Gasteiger partial charge on any atom is 0.393 e. The fraction of sp³-hybridized carbons (Fsp3) is 0.900. The molecule has 6 nitrogen and oxygen atoms in total. The minimum absolute atomic E-state index is 0.0936. The average molecular weight is 315 g/mol. The lowest BCUT2D eigenvalue weighted by molar-refractivity contribution is -0.148. The first-order valence-electron chi connectivity index (χ1n) is 6.19. The van der Waals surface area contributed by atoms with Crippen LogP contribution < -0.4 is 10.5 Å². The van der Waals surface area contributed by atoms with Crippen LogP contribution in [0.5, 0.6) is 0 Å². The van der Waals surface area contributed by atoms with Crippen molar-refractivity contribution in [1.29, 1.82) is 0 Å². The van der Waals surface area contributed by atoms with E-state index in [0.717, 1.165) is 0 Å². The molecule has 1 unspecified atom stereocenters. The molecule has 1 aliphatic heterocycles. The Balaban J connectivity index is 1.78. The van der Waals surface area contributed by atoms with Gasteiger partial charge in [0.15, 0.2) is 0 Å². The second-order valence-corrected chi connectivity index (χ2v) is 7.03. The van der Waals surface area contributed by atoms with E-state index in [1.165, 1.54) is 4.90 Å². The highest BCUT2D eigenvalue weighted by molar-refractivity contribution is 7.89. The molecule has 3 N–H and O–H groups in total. The topological polar surface area (TPSA) is 92.5 Å². The van der Waals surface area contributed by atoms with Crippen LogP contribution in [0, 0.1) is 11.8 Å². The second kappa shape index (κ2) is 5.06. The third kappa shape index (κ3) is 3.98. The van der Waals surface area contributed by atoms with Gasteiger partial charge in [0.2, 0.25) is 10.0 Å². The van der Waals surface area contributed by atoms with Crippen LogP contribution in [0.25, 0.3) is 0 Å². The zero-order valence-electron chi connectivity index (χ0n) is 10.6. The van der Waals surface area contributed by atoms with E-state index in [4.69, 9.17) is 5.14 Å². The van der Waals surface area contributed by atoms with Gasteiger partial charge in [-0.3, -0.25) is 0 Å². The zero-order chi connectivity index (χ0) is 15.1. The Bertz CT molecular complexity index is 494. The predicted octanol–water partition coefficient (Wildman–Crippen LogP) is 0.257. The average Bonchev–Trinajstić information content (AvgIpc) is 2.87. The first kappa shape index (κ1) is 15.4. The van der Waals surface area contributed by atoms with E-state index < -0.39 is 34.2 Å². The van der Waals surface area contributed by atoms with Crippen LogP contribution in [-0.2, 0) is 10.0 Å². The predicted molar refractivity (Wildman–Crippen MR) is 64.1 cm³/mol. The summed E-state index contributed by atoms with van der Waals surface area (Å²) < 4.78 is 58.8. The second-order valence-electron chi connectivity index (χ2n) is 5.37. The molecule has 2 aliphatic rings. The van der Waals surface area contributed by atoms with E-state index in [2.05, 4.69) is 5.32 Å². The number of amides is 2. The summed E-state index contributed by atoms with van der Waals surface area (Å²) >= 11 is 0. The van der Waals surface area contributed by atoms with Crippen LogP contribution in [0.3, 0.4) is 0 Å². The van der Waals surface area contributed by atoms with E-state index in [1.807, 2.05) is 0 Å². The number of likely N-dealkylation sites (tertiary alicyclic amines) is 1. The Hall–Kier alpha value is -1.03. The number of nitrogens with one attached hydrogen (secondary N) is 1. The molecule has 20 heavy (non-hydrogen) atoms. The van der Waals surface area contributed by atoms with Gasteiger partial charge in [0.1, 0.15) is 0 Å². The number of rotatable bonds is 3. The number of carbonyl (C=O) groups is 1. The van der Waals surface area contributed by atoms with E-state index >= 15 is 0 Å². The summed E-state index contributed by atoms with van der Waals surface area (Å²) in [4.78, 5) is 13.1. The summed E-state index contributed by atoms with van der Waals surface area (Å²) in [5.74, 6) is -1.94. The number of urea groups is 1. The van der Waals surface area contributed by atoms with Gasteiger partial charge in [-0.05, 0) is 18.8 Å². The first-order valence-corrected chi connectivity index (χ1v) is 7.90. The highest BCUT2D eigenvalue weighted by Gasteiger charge is 2.56. The third-order valence-electron chi connectivity index (χ3n) is 3.56. The Morgan fingerprint density at radius 2 is 2.05 bits per heavy atom. The number of carbonyl (C=O) groups excluding carboxylic acids is 1. The first-order chi connectivity index (χ1) is 9.06. The van der Waals surface area contributed by atoms with Crippen LogP contribution in [0.2, 0.25) is 0 Å². The maximum atomic E-state index is 12.3. The van der Waals surface area contributed by atoms with Crippen molar-refractivity contribution in [3.05, 3.63) is 0 Å². The SMILES string of the molecule is NS(=O)(=O)CC1CCN(C(=O)N[C@@H]2C[C@H]2C(F)(F)F)C1. The number of halogens is 3. The fourth-order valence-corrected chi connectivity index (χ4v) is 3.38. The molecular weight excluding hydrogens is 299 g/mol. The molecule has 0 radical (unpaired) electrons. The van der Waals surface area contributed by atoms with Crippen molar-refractivity contribution < 1.29 is 26.4 Å². The Labute approximate surface area is 114 Å². The largest absolute Gasteiger partial charge is 0.393 e. The van der Waals surface area contributed by atoms with Crippen molar-refractivity contribution in [3.63, 3.8) is 0 Å². The molecule has 3 atom stereocenters. The van der Waals surface area contributed by atoms with Crippen molar-refractivity contribution >= 4 is 16.1 Å². The summed E-state index contributed by atoms with van der Waals surface area (Å²) in [7, 11) is -3.60. The summed E-state index contributed by atoms with van der Waals surface area (Å²) in [6.07, 6.45) is -3.89. The molecule has 0 spiro atoms. The van der Waals surface area contributed by atoms with Crippen LogP contribution in [0.15, 0.2) is 0 Å². The summed E-state index contributed by atoms with van der Waals surface area (Å²) in [5, 5.41) is 7.24. The number of sulfonamides is 1. The third-order valence-corrected chi connectivity index (χ3v) is 4.50. The molecule has 1 saturated carbocycles. The van der Waals surface area contributed by atoms with Gasteiger partial charge in [0.05, 0.1) is 11.7 Å². The van der Waals surface area contributed by atoms with Crippen molar-refractivity contribution in [2.75, 3.05) is 18.8 Å². The van der Waals surface area contributed by atoms with Crippen LogP contribution in [-0.4, -0.2) is 50.4 Å². The number of primary sulfonamides is 1. The standard InChI is InChI=1S/C10H16F3N3O3S/c11-10(12,13)7-3-8(7)15-9(17)16-2-1-6(4-16)5-20(14,18)19/h6-8H,1-5H2,(H,15,17)(H2,14,18,19)/t6?,7-,8-/m1/s1. The zero-order valence-corrected chi connectivity index (χ0v) is 11.4. The van der Waals surface area contributed by atoms with E-state index in [1.54, 1.807) is 0 Å². The molecule has 1 saturated heterocycles. The lowest BCUT2D eigenvalue weighted by Gasteiger charge is -2.17. The van der Waals surface area contributed by atoms with Crippen LogP contribution >= 0.6 is 0 Å². The molecule has 0 bridgehead atoms. The molecule has 2 fully saturated rings. The number of alkyl halides is 3. The monoisotopic (exact) mass is 315 g/mol. The lowest BCUT2D eigenvalue weighted by atomic mass is 10.2. The molecule has 1 aliphatic carbocycles. The number of hydrogen-bond donors (Lipinski definition) is 2. The maximum absolute atomic E-state index is 12.3. The van der Waals surface area contributed by atoms with Crippen molar-refractivity contribution in [2.45, 2.75) is 25.1 Å². The quantitative estimate of drug-likeness (QED) is 0.782. The van der Waals surface area contributed by atoms with Gasteiger partial charge in [-0.15, -0.1) is 0 Å². The molecule has 0 aromatic heterocycles. The van der Waals surface area contributed by atoms with Gasteiger partial charge in [-0.2, -0.15) is 13.2 Å². The van der Waals surface area contributed by atoms with Crippen molar-refractivity contribution in [3.8, 4) is 0 Å². The summed E-state index contributed by atoms with van der Waals surface area (Å²) in [6.45, 7) is 0.529. The lowest BCUT2D eigenvalue weighted by Crippen LogP contribution is -2.41. The minimum atomic E-state index is -4.28. The van der Waals surface area contributed by atoms with E-state index in [-0.39, 0.29) is 24.6 Å². The number of hydrogen-bond acceptors (Lipinski definition) is 3. The summed E-state index contributed by atoms with van der Waals surface area (Å²) in [6, 6.07) is -1.43.